The van der Waals surface area contributed by atoms with Gasteiger partial charge in [-0.2, -0.15) is 0 Å². The quantitative estimate of drug-likeness (QED) is 0.737. The summed E-state index contributed by atoms with van der Waals surface area (Å²) in [6.07, 6.45) is 3.12. The van der Waals surface area contributed by atoms with Gasteiger partial charge in [-0.25, -0.2) is 0 Å². The number of para-hydroxylation sites is 1. The lowest BCUT2D eigenvalue weighted by atomic mass is 10.1. The molecule has 1 unspecified atom stereocenters. The zero-order chi connectivity index (χ0) is 12.7. The van der Waals surface area contributed by atoms with Gasteiger partial charge in [0.1, 0.15) is 5.75 Å². The van der Waals surface area contributed by atoms with Crippen LogP contribution in [0.3, 0.4) is 0 Å². The summed E-state index contributed by atoms with van der Waals surface area (Å²) < 4.78 is 5.74. The molecular formula is C14H18O3. The van der Waals surface area contributed by atoms with E-state index in [9.17, 15) is 4.79 Å². The molecule has 0 aliphatic carbocycles. The summed E-state index contributed by atoms with van der Waals surface area (Å²) in [7, 11) is 0. The van der Waals surface area contributed by atoms with Crippen LogP contribution in [-0.2, 0) is 11.2 Å². The van der Waals surface area contributed by atoms with Crippen molar-refractivity contribution in [1.82, 2.24) is 0 Å². The number of hydrogen-bond acceptors (Lipinski definition) is 2. The van der Waals surface area contributed by atoms with Gasteiger partial charge in [0, 0.05) is 6.42 Å². The molecule has 0 radical (unpaired) electrons. The highest BCUT2D eigenvalue weighted by Crippen LogP contribution is 2.21. The number of allylic oxidation sites excluding steroid dienone is 1. The predicted octanol–water partition coefficient (Wildman–Crippen LogP) is 3.05. The maximum absolute atomic E-state index is 10.5. The number of carboxylic acid groups (broad SMARTS) is 1. The van der Waals surface area contributed by atoms with Crippen molar-refractivity contribution in [3.63, 3.8) is 0 Å². The Labute approximate surface area is 102 Å². The highest BCUT2D eigenvalue weighted by atomic mass is 16.5. The van der Waals surface area contributed by atoms with Gasteiger partial charge >= 0.3 is 5.97 Å². The van der Waals surface area contributed by atoms with Gasteiger partial charge < -0.3 is 9.84 Å². The van der Waals surface area contributed by atoms with Gasteiger partial charge in [0.2, 0.25) is 0 Å². The molecule has 0 aliphatic heterocycles. The lowest BCUT2D eigenvalue weighted by Gasteiger charge is -2.16. The van der Waals surface area contributed by atoms with E-state index < -0.39 is 5.97 Å². The van der Waals surface area contributed by atoms with E-state index in [2.05, 4.69) is 6.58 Å². The number of benzene rings is 1. The first-order valence-electron chi connectivity index (χ1n) is 5.70. The maximum atomic E-state index is 10.5. The highest BCUT2D eigenvalue weighted by Gasteiger charge is 2.09. The van der Waals surface area contributed by atoms with E-state index in [1.54, 1.807) is 0 Å². The number of ether oxygens (including phenoxy) is 1. The largest absolute Gasteiger partial charge is 0.490 e. The van der Waals surface area contributed by atoms with Gasteiger partial charge in [-0.1, -0.05) is 24.3 Å². The minimum absolute atomic E-state index is 0.0999. The highest BCUT2D eigenvalue weighted by molar-refractivity contribution is 5.66. The van der Waals surface area contributed by atoms with Crippen molar-refractivity contribution in [2.75, 3.05) is 0 Å². The summed E-state index contributed by atoms with van der Waals surface area (Å²) in [6, 6.07) is 7.75. The molecule has 1 atom stereocenters. The minimum Gasteiger partial charge on any atom is -0.490 e. The first kappa shape index (κ1) is 13.3. The van der Waals surface area contributed by atoms with Crippen molar-refractivity contribution in [2.45, 2.75) is 32.3 Å². The summed E-state index contributed by atoms with van der Waals surface area (Å²) in [5.41, 5.74) is 1.07. The summed E-state index contributed by atoms with van der Waals surface area (Å²) in [5.74, 6) is 0.0186. The Bertz CT molecular complexity index is 385. The van der Waals surface area contributed by atoms with E-state index in [0.717, 1.165) is 17.7 Å². The minimum atomic E-state index is -0.792. The van der Waals surface area contributed by atoms with Gasteiger partial charge in [0.15, 0.2) is 0 Å². The molecule has 0 aromatic heterocycles. The van der Waals surface area contributed by atoms with Crippen LogP contribution in [0.2, 0.25) is 0 Å². The Kier molecular flexibility index (Phi) is 5.27. The van der Waals surface area contributed by atoms with E-state index in [0.29, 0.717) is 6.42 Å². The molecule has 0 heterocycles. The van der Waals surface area contributed by atoms with Crippen LogP contribution in [0, 0.1) is 0 Å². The van der Waals surface area contributed by atoms with Crippen molar-refractivity contribution in [2.24, 2.45) is 0 Å². The average Bonchev–Trinajstić information content (AvgIpc) is 2.29. The Morgan fingerprint density at radius 1 is 1.53 bits per heavy atom. The third kappa shape index (κ3) is 4.72. The van der Waals surface area contributed by atoms with Crippen LogP contribution in [0.1, 0.15) is 25.3 Å². The SMILES string of the molecule is C=CCc1ccccc1OC(C)CCC(=O)O. The number of aliphatic carboxylic acids is 1. The van der Waals surface area contributed by atoms with E-state index in [1.165, 1.54) is 0 Å². The average molecular weight is 234 g/mol. The third-order valence-corrected chi connectivity index (χ3v) is 2.43. The van der Waals surface area contributed by atoms with Gasteiger partial charge in [-0.05, 0) is 31.4 Å². The van der Waals surface area contributed by atoms with Crippen LogP contribution in [0.4, 0.5) is 0 Å². The molecule has 3 nitrogen and oxygen atoms in total. The van der Waals surface area contributed by atoms with Crippen LogP contribution in [0.5, 0.6) is 5.75 Å². The molecule has 0 spiro atoms. The van der Waals surface area contributed by atoms with Crippen LogP contribution in [0.25, 0.3) is 0 Å². The second-order valence-corrected chi connectivity index (χ2v) is 3.96. The van der Waals surface area contributed by atoms with Crippen LogP contribution >= 0.6 is 0 Å². The van der Waals surface area contributed by atoms with Crippen LogP contribution in [-0.4, -0.2) is 17.2 Å². The predicted molar refractivity (Wildman–Crippen MR) is 67.3 cm³/mol. The molecule has 1 aromatic carbocycles. The Balaban J connectivity index is 2.60. The lowest BCUT2D eigenvalue weighted by Crippen LogP contribution is -2.14. The maximum Gasteiger partial charge on any atom is 0.303 e. The lowest BCUT2D eigenvalue weighted by molar-refractivity contribution is -0.137. The third-order valence-electron chi connectivity index (χ3n) is 2.43. The zero-order valence-corrected chi connectivity index (χ0v) is 10.1. The van der Waals surface area contributed by atoms with E-state index in [4.69, 9.17) is 9.84 Å². The standard InChI is InChI=1S/C14H18O3/c1-3-6-12-7-4-5-8-13(12)17-11(2)9-10-14(15)16/h3-5,7-8,11H,1,6,9-10H2,2H3,(H,15,16). The summed E-state index contributed by atoms with van der Waals surface area (Å²) in [6.45, 7) is 5.59. The second-order valence-electron chi connectivity index (χ2n) is 3.96. The summed E-state index contributed by atoms with van der Waals surface area (Å²) in [5, 5.41) is 8.60. The fourth-order valence-electron chi connectivity index (χ4n) is 1.55. The summed E-state index contributed by atoms with van der Waals surface area (Å²) >= 11 is 0. The number of carbonyl (C=O) groups is 1. The molecule has 0 amide bonds. The molecule has 1 aromatic rings. The van der Waals surface area contributed by atoms with Crippen molar-refractivity contribution in [1.29, 1.82) is 0 Å². The first-order chi connectivity index (χ1) is 8.13. The van der Waals surface area contributed by atoms with Crippen molar-refractivity contribution in [3.05, 3.63) is 42.5 Å². The molecule has 0 bridgehead atoms. The molecular weight excluding hydrogens is 216 g/mol. The Morgan fingerprint density at radius 2 is 2.24 bits per heavy atom. The number of carboxylic acids is 1. The first-order valence-corrected chi connectivity index (χ1v) is 5.70. The summed E-state index contributed by atoms with van der Waals surface area (Å²) in [4.78, 5) is 10.5. The molecule has 1 rings (SSSR count). The van der Waals surface area contributed by atoms with E-state index >= 15 is 0 Å². The fraction of sp³-hybridized carbons (Fsp3) is 0.357. The molecule has 1 N–H and O–H groups in total. The molecule has 3 heteroatoms. The molecule has 0 aliphatic rings. The Morgan fingerprint density at radius 3 is 2.88 bits per heavy atom. The van der Waals surface area contributed by atoms with Crippen molar-refractivity contribution < 1.29 is 14.6 Å². The number of hydrogen-bond donors (Lipinski definition) is 1. The van der Waals surface area contributed by atoms with Gasteiger partial charge in [-0.3, -0.25) is 4.79 Å². The zero-order valence-electron chi connectivity index (χ0n) is 10.1. The molecule has 0 saturated heterocycles. The van der Waals surface area contributed by atoms with E-state index in [1.807, 2.05) is 37.3 Å². The van der Waals surface area contributed by atoms with Crippen molar-refractivity contribution in [3.8, 4) is 5.75 Å². The topological polar surface area (TPSA) is 46.5 Å². The smallest absolute Gasteiger partial charge is 0.303 e. The number of rotatable bonds is 7. The Hall–Kier alpha value is -1.77. The normalized spacial score (nSPS) is 11.8. The molecule has 92 valence electrons. The molecule has 0 saturated carbocycles. The molecule has 17 heavy (non-hydrogen) atoms. The van der Waals surface area contributed by atoms with E-state index in [-0.39, 0.29) is 12.5 Å². The monoisotopic (exact) mass is 234 g/mol. The van der Waals surface area contributed by atoms with Crippen LogP contribution in [0.15, 0.2) is 36.9 Å². The van der Waals surface area contributed by atoms with Gasteiger partial charge in [0.05, 0.1) is 6.10 Å². The fourth-order valence-corrected chi connectivity index (χ4v) is 1.55. The van der Waals surface area contributed by atoms with Gasteiger partial charge in [-0.15, -0.1) is 6.58 Å². The van der Waals surface area contributed by atoms with Crippen LogP contribution < -0.4 is 4.74 Å². The molecule has 0 fully saturated rings. The van der Waals surface area contributed by atoms with Crippen molar-refractivity contribution >= 4 is 5.97 Å². The second kappa shape index (κ2) is 6.74. The van der Waals surface area contributed by atoms with Gasteiger partial charge in [0.25, 0.3) is 0 Å².